The van der Waals surface area contributed by atoms with Crippen LogP contribution in [-0.4, -0.2) is 55.0 Å². The van der Waals surface area contributed by atoms with Crippen molar-refractivity contribution in [2.75, 3.05) is 39.3 Å². The summed E-state index contributed by atoms with van der Waals surface area (Å²) in [5.41, 5.74) is 1.03. The van der Waals surface area contributed by atoms with E-state index in [4.69, 9.17) is 27.9 Å². The van der Waals surface area contributed by atoms with Crippen molar-refractivity contribution in [3.8, 4) is 5.75 Å². The molecule has 6 heteroatoms. The molecular weight excluding hydrogens is 383 g/mol. The zero-order chi connectivity index (χ0) is 19.1. The Hall–Kier alpha value is -2.01. The number of piperazine rings is 1. The van der Waals surface area contributed by atoms with Crippen molar-refractivity contribution in [2.45, 2.75) is 0 Å². The van der Waals surface area contributed by atoms with Crippen molar-refractivity contribution in [1.82, 2.24) is 9.80 Å². The highest BCUT2D eigenvalue weighted by Gasteiger charge is 2.19. The SMILES string of the molecule is O=C(C=Cc1ccccc1)N1CCN(CCOc2ccc(Cl)cc2Cl)CC1. The van der Waals surface area contributed by atoms with Gasteiger partial charge in [0.2, 0.25) is 5.91 Å². The van der Waals surface area contributed by atoms with E-state index in [2.05, 4.69) is 4.90 Å². The van der Waals surface area contributed by atoms with Crippen molar-refractivity contribution in [3.63, 3.8) is 0 Å². The zero-order valence-corrected chi connectivity index (χ0v) is 16.5. The van der Waals surface area contributed by atoms with Crippen LogP contribution in [0.1, 0.15) is 5.56 Å². The Labute approximate surface area is 169 Å². The molecule has 142 valence electrons. The van der Waals surface area contributed by atoms with E-state index >= 15 is 0 Å². The Morgan fingerprint density at radius 2 is 1.78 bits per heavy atom. The second-order valence-corrected chi connectivity index (χ2v) is 7.18. The number of halogens is 2. The average molecular weight is 405 g/mol. The van der Waals surface area contributed by atoms with E-state index in [1.54, 1.807) is 24.3 Å². The van der Waals surface area contributed by atoms with E-state index in [-0.39, 0.29) is 5.91 Å². The highest BCUT2D eigenvalue weighted by Crippen LogP contribution is 2.27. The lowest BCUT2D eigenvalue weighted by atomic mass is 10.2. The minimum absolute atomic E-state index is 0.0581. The van der Waals surface area contributed by atoms with Gasteiger partial charge in [0.05, 0.1) is 5.02 Å². The van der Waals surface area contributed by atoms with Gasteiger partial charge in [0.25, 0.3) is 0 Å². The molecule has 0 N–H and O–H groups in total. The molecule has 1 fully saturated rings. The molecule has 1 aliphatic heterocycles. The number of carbonyl (C=O) groups excluding carboxylic acids is 1. The summed E-state index contributed by atoms with van der Waals surface area (Å²) in [7, 11) is 0. The van der Waals surface area contributed by atoms with Gasteiger partial charge in [0.1, 0.15) is 12.4 Å². The Bertz CT molecular complexity index is 788. The van der Waals surface area contributed by atoms with Gasteiger partial charge in [-0.15, -0.1) is 0 Å². The molecule has 0 atom stereocenters. The maximum atomic E-state index is 12.3. The molecule has 4 nitrogen and oxygen atoms in total. The highest BCUT2D eigenvalue weighted by atomic mass is 35.5. The molecule has 0 bridgehead atoms. The van der Waals surface area contributed by atoms with Crippen LogP contribution in [-0.2, 0) is 4.79 Å². The molecule has 1 amide bonds. The van der Waals surface area contributed by atoms with Gasteiger partial charge < -0.3 is 9.64 Å². The molecule has 0 aromatic heterocycles. The fourth-order valence-corrected chi connectivity index (χ4v) is 3.37. The molecule has 0 spiro atoms. The number of hydrogen-bond donors (Lipinski definition) is 0. The predicted octanol–water partition coefficient (Wildman–Crippen LogP) is 4.23. The van der Waals surface area contributed by atoms with Crippen LogP contribution in [0.15, 0.2) is 54.6 Å². The first-order valence-electron chi connectivity index (χ1n) is 8.94. The summed E-state index contributed by atoms with van der Waals surface area (Å²) in [4.78, 5) is 16.5. The van der Waals surface area contributed by atoms with Crippen LogP contribution in [0.3, 0.4) is 0 Å². The van der Waals surface area contributed by atoms with Crippen molar-refractivity contribution < 1.29 is 9.53 Å². The number of benzene rings is 2. The molecule has 0 unspecified atom stereocenters. The smallest absolute Gasteiger partial charge is 0.246 e. The normalized spacial score (nSPS) is 15.3. The van der Waals surface area contributed by atoms with Gasteiger partial charge in [-0.25, -0.2) is 0 Å². The molecule has 2 aromatic rings. The van der Waals surface area contributed by atoms with Crippen LogP contribution in [0.25, 0.3) is 6.08 Å². The van der Waals surface area contributed by atoms with E-state index in [0.29, 0.717) is 22.4 Å². The third kappa shape index (κ3) is 5.99. The summed E-state index contributed by atoms with van der Waals surface area (Å²) >= 11 is 12.0. The molecule has 2 aromatic carbocycles. The fourth-order valence-electron chi connectivity index (χ4n) is 2.91. The van der Waals surface area contributed by atoms with Gasteiger partial charge in [0.15, 0.2) is 0 Å². The molecule has 3 rings (SSSR count). The Balaban J connectivity index is 1.39. The Morgan fingerprint density at radius 3 is 2.48 bits per heavy atom. The lowest BCUT2D eigenvalue weighted by molar-refractivity contribution is -0.127. The maximum Gasteiger partial charge on any atom is 0.246 e. The molecule has 0 saturated carbocycles. The molecule has 1 heterocycles. The van der Waals surface area contributed by atoms with E-state index in [1.807, 2.05) is 41.3 Å². The third-order valence-corrected chi connectivity index (χ3v) is 4.99. The van der Waals surface area contributed by atoms with Gasteiger partial charge >= 0.3 is 0 Å². The zero-order valence-electron chi connectivity index (χ0n) is 15.0. The second kappa shape index (κ2) is 9.79. The van der Waals surface area contributed by atoms with Crippen molar-refractivity contribution in [1.29, 1.82) is 0 Å². The molecule has 1 saturated heterocycles. The van der Waals surface area contributed by atoms with Crippen molar-refractivity contribution in [3.05, 3.63) is 70.2 Å². The lowest BCUT2D eigenvalue weighted by Gasteiger charge is -2.34. The third-order valence-electron chi connectivity index (χ3n) is 4.46. The van der Waals surface area contributed by atoms with Crippen LogP contribution in [0.4, 0.5) is 0 Å². The Morgan fingerprint density at radius 1 is 1.04 bits per heavy atom. The molecule has 27 heavy (non-hydrogen) atoms. The first-order chi connectivity index (χ1) is 13.1. The second-order valence-electron chi connectivity index (χ2n) is 6.33. The number of hydrogen-bond acceptors (Lipinski definition) is 3. The first kappa shape index (κ1) is 19.7. The lowest BCUT2D eigenvalue weighted by Crippen LogP contribution is -2.49. The van der Waals surface area contributed by atoms with Crippen LogP contribution in [0, 0.1) is 0 Å². The van der Waals surface area contributed by atoms with Gasteiger partial charge in [-0.05, 0) is 29.8 Å². The quantitative estimate of drug-likeness (QED) is 0.675. The fraction of sp³-hybridized carbons (Fsp3) is 0.286. The Kier molecular flexibility index (Phi) is 7.16. The number of nitrogens with zero attached hydrogens (tertiary/aromatic N) is 2. The first-order valence-corrected chi connectivity index (χ1v) is 9.69. The highest BCUT2D eigenvalue weighted by molar-refractivity contribution is 6.35. The molecule has 1 aliphatic rings. The summed E-state index contributed by atoms with van der Waals surface area (Å²) in [6.07, 6.45) is 3.51. The van der Waals surface area contributed by atoms with E-state index < -0.39 is 0 Å². The van der Waals surface area contributed by atoms with Gasteiger partial charge in [0, 0.05) is 43.8 Å². The summed E-state index contributed by atoms with van der Waals surface area (Å²) in [6.45, 7) is 4.45. The van der Waals surface area contributed by atoms with Crippen LogP contribution in [0.2, 0.25) is 10.0 Å². The molecular formula is C21H22Cl2N2O2. The summed E-state index contributed by atoms with van der Waals surface area (Å²) in [5, 5.41) is 1.11. The van der Waals surface area contributed by atoms with Crippen molar-refractivity contribution >= 4 is 35.2 Å². The standard InChI is InChI=1S/C21H22Cl2N2O2/c22-18-7-8-20(19(23)16-18)27-15-14-24-10-12-25(13-11-24)21(26)9-6-17-4-2-1-3-5-17/h1-9,16H,10-15H2. The number of carbonyl (C=O) groups is 1. The monoisotopic (exact) mass is 404 g/mol. The molecule has 0 aliphatic carbocycles. The summed E-state index contributed by atoms with van der Waals surface area (Å²) in [6, 6.07) is 15.1. The minimum Gasteiger partial charge on any atom is -0.491 e. The number of ether oxygens (including phenoxy) is 1. The van der Waals surface area contributed by atoms with Gasteiger partial charge in [-0.2, -0.15) is 0 Å². The number of amides is 1. The van der Waals surface area contributed by atoms with Crippen LogP contribution >= 0.6 is 23.2 Å². The number of rotatable bonds is 6. The van der Waals surface area contributed by atoms with E-state index in [0.717, 1.165) is 38.3 Å². The largest absolute Gasteiger partial charge is 0.491 e. The summed E-state index contributed by atoms with van der Waals surface area (Å²) < 4.78 is 5.73. The minimum atomic E-state index is 0.0581. The summed E-state index contributed by atoms with van der Waals surface area (Å²) in [5.74, 6) is 0.698. The topological polar surface area (TPSA) is 32.8 Å². The molecule has 0 radical (unpaired) electrons. The van der Waals surface area contributed by atoms with Gasteiger partial charge in [-0.3, -0.25) is 9.69 Å². The predicted molar refractivity (Wildman–Crippen MR) is 110 cm³/mol. The van der Waals surface area contributed by atoms with Crippen molar-refractivity contribution in [2.24, 2.45) is 0 Å². The van der Waals surface area contributed by atoms with Crippen LogP contribution in [0.5, 0.6) is 5.75 Å². The average Bonchev–Trinajstić information content (AvgIpc) is 2.69. The van der Waals surface area contributed by atoms with Gasteiger partial charge in [-0.1, -0.05) is 53.5 Å². The van der Waals surface area contributed by atoms with E-state index in [1.165, 1.54) is 0 Å². The van der Waals surface area contributed by atoms with Crippen LogP contribution < -0.4 is 4.74 Å². The maximum absolute atomic E-state index is 12.3. The van der Waals surface area contributed by atoms with E-state index in [9.17, 15) is 4.79 Å².